The van der Waals surface area contributed by atoms with E-state index in [0.29, 0.717) is 26.9 Å². The van der Waals surface area contributed by atoms with E-state index in [-0.39, 0.29) is 5.91 Å². The summed E-state index contributed by atoms with van der Waals surface area (Å²) in [6.45, 7) is 1.97. The van der Waals surface area contributed by atoms with Gasteiger partial charge in [-0.3, -0.25) is 15.0 Å². The van der Waals surface area contributed by atoms with Crippen molar-refractivity contribution in [2.45, 2.75) is 6.92 Å². The second-order valence-corrected chi connectivity index (χ2v) is 6.26. The number of amides is 1. The Bertz CT molecular complexity index is 971. The molecule has 0 aliphatic heterocycles. The smallest absolute Gasteiger partial charge is 0.255 e. The van der Waals surface area contributed by atoms with Crippen LogP contribution >= 0.6 is 23.8 Å². The summed E-state index contributed by atoms with van der Waals surface area (Å²) in [6, 6.07) is 14.5. The fourth-order valence-corrected chi connectivity index (χ4v) is 2.48. The van der Waals surface area contributed by atoms with Crippen molar-refractivity contribution in [3.05, 3.63) is 80.8 Å². The van der Waals surface area contributed by atoms with Gasteiger partial charge >= 0.3 is 0 Å². The average Bonchev–Trinajstić information content (AvgIpc) is 3.00. The van der Waals surface area contributed by atoms with Crippen LogP contribution < -0.4 is 5.32 Å². The van der Waals surface area contributed by atoms with Crippen LogP contribution in [0.3, 0.4) is 0 Å². The number of hydrogen-bond acceptors (Lipinski definition) is 3. The largest absolute Gasteiger partial charge is 0.321 e. The van der Waals surface area contributed by atoms with Crippen molar-refractivity contribution in [2.24, 2.45) is 0 Å². The molecule has 1 heterocycles. The minimum absolute atomic E-state index is 0.213. The van der Waals surface area contributed by atoms with Crippen LogP contribution in [-0.2, 0) is 0 Å². The number of aromatic nitrogens is 3. The predicted molar refractivity (Wildman–Crippen MR) is 102 cm³/mol. The molecule has 25 heavy (non-hydrogen) atoms. The van der Waals surface area contributed by atoms with Crippen molar-refractivity contribution in [2.75, 3.05) is 0 Å². The molecule has 5 nitrogen and oxygen atoms in total. The van der Waals surface area contributed by atoms with Crippen LogP contribution in [0.2, 0.25) is 5.02 Å². The first kappa shape index (κ1) is 17.1. The molecular formula is C18H15ClN4OS. The summed E-state index contributed by atoms with van der Waals surface area (Å²) < 4.78 is 0.339. The normalized spacial score (nSPS) is 11.4. The third-order valence-corrected chi connectivity index (χ3v) is 3.96. The van der Waals surface area contributed by atoms with Gasteiger partial charge in [0.15, 0.2) is 0 Å². The number of nitrogens with one attached hydrogen (secondary N) is 3. The Hall–Kier alpha value is -2.70. The zero-order valence-corrected chi connectivity index (χ0v) is 14.9. The van der Waals surface area contributed by atoms with E-state index < -0.39 is 0 Å². The molecule has 1 amide bonds. The number of halogens is 1. The van der Waals surface area contributed by atoms with Crippen molar-refractivity contribution >= 4 is 41.5 Å². The van der Waals surface area contributed by atoms with Gasteiger partial charge in [-0.25, -0.2) is 4.98 Å². The fraction of sp³-hybridized carbons (Fsp3) is 0.0556. The number of aromatic amines is 2. The van der Waals surface area contributed by atoms with Crippen LogP contribution in [-0.4, -0.2) is 21.1 Å². The molecule has 0 saturated carbocycles. The summed E-state index contributed by atoms with van der Waals surface area (Å²) in [6.07, 6.45) is 1.71. The minimum atomic E-state index is -0.213. The maximum absolute atomic E-state index is 12.6. The molecule has 7 heteroatoms. The van der Waals surface area contributed by atoms with E-state index in [1.807, 2.05) is 31.2 Å². The highest BCUT2D eigenvalue weighted by atomic mass is 35.5. The quantitative estimate of drug-likeness (QED) is 0.597. The molecule has 0 spiro atoms. The predicted octanol–water partition coefficient (Wildman–Crippen LogP) is 4.36. The van der Waals surface area contributed by atoms with Gasteiger partial charge in [-0.15, -0.1) is 0 Å². The van der Waals surface area contributed by atoms with Crippen LogP contribution in [0.5, 0.6) is 0 Å². The number of benzene rings is 2. The molecule has 0 radical (unpaired) electrons. The van der Waals surface area contributed by atoms with Crippen LogP contribution in [0.15, 0.2) is 48.5 Å². The average molecular weight is 371 g/mol. The number of carbonyl (C=O) groups excluding carboxylic acids is 1. The lowest BCUT2D eigenvalue weighted by Gasteiger charge is -2.10. The van der Waals surface area contributed by atoms with Crippen molar-refractivity contribution < 1.29 is 4.79 Å². The van der Waals surface area contributed by atoms with Gasteiger partial charge in [0.25, 0.3) is 5.91 Å². The third kappa shape index (κ3) is 4.43. The molecule has 3 N–H and O–H groups in total. The highest BCUT2D eigenvalue weighted by molar-refractivity contribution is 7.71. The Morgan fingerprint density at radius 1 is 1.08 bits per heavy atom. The Kier molecular flexibility index (Phi) is 5.11. The van der Waals surface area contributed by atoms with Gasteiger partial charge in [0.1, 0.15) is 5.82 Å². The first-order chi connectivity index (χ1) is 12.0. The molecule has 0 aliphatic carbocycles. The highest BCUT2D eigenvalue weighted by Crippen LogP contribution is 2.18. The molecule has 0 aliphatic rings. The number of carbonyl (C=O) groups is 1. The lowest BCUT2D eigenvalue weighted by atomic mass is 10.1. The molecule has 126 valence electrons. The van der Waals surface area contributed by atoms with E-state index in [2.05, 4.69) is 20.5 Å². The van der Waals surface area contributed by atoms with Crippen LogP contribution in [0.1, 0.15) is 27.3 Å². The number of aryl methyl sites for hydroxylation is 1. The van der Waals surface area contributed by atoms with Gasteiger partial charge < -0.3 is 5.32 Å². The zero-order valence-electron chi connectivity index (χ0n) is 13.3. The van der Waals surface area contributed by atoms with E-state index in [1.165, 1.54) is 0 Å². The van der Waals surface area contributed by atoms with E-state index in [1.54, 1.807) is 30.3 Å². The standard InChI is InChI=1S/C18H15ClN4OS/c1-11-2-4-13(5-3-11)17(24)20-15(10-16-21-18(25)23-22-16)12-6-8-14(19)9-7-12/h2-10H,1H3,(H,20,24)(H2,21,22,23,25)/b15-10+. The Morgan fingerprint density at radius 3 is 2.32 bits per heavy atom. The van der Waals surface area contributed by atoms with Gasteiger partial charge in [-0.2, -0.15) is 0 Å². The zero-order chi connectivity index (χ0) is 17.8. The summed E-state index contributed by atoms with van der Waals surface area (Å²) in [5.41, 5.74) is 3.04. The lowest BCUT2D eigenvalue weighted by Crippen LogP contribution is -2.22. The summed E-state index contributed by atoms with van der Waals surface area (Å²) >= 11 is 10.9. The molecule has 2 aromatic carbocycles. The van der Waals surface area contributed by atoms with E-state index >= 15 is 0 Å². The second kappa shape index (κ2) is 7.46. The summed E-state index contributed by atoms with van der Waals surface area (Å²) in [5, 5.41) is 9.10. The summed E-state index contributed by atoms with van der Waals surface area (Å²) in [7, 11) is 0. The second-order valence-electron chi connectivity index (χ2n) is 5.44. The monoisotopic (exact) mass is 370 g/mol. The molecule has 1 aromatic heterocycles. The molecule has 0 fully saturated rings. The maximum atomic E-state index is 12.6. The Labute approximate surface area is 154 Å². The maximum Gasteiger partial charge on any atom is 0.255 e. The number of nitrogens with zero attached hydrogens (tertiary/aromatic N) is 1. The third-order valence-electron chi connectivity index (χ3n) is 3.52. The van der Waals surface area contributed by atoms with Crippen molar-refractivity contribution in [3.8, 4) is 0 Å². The molecule has 0 bridgehead atoms. The number of hydrogen-bond donors (Lipinski definition) is 3. The van der Waals surface area contributed by atoms with Gasteiger partial charge in [-0.1, -0.05) is 41.4 Å². The van der Waals surface area contributed by atoms with Crippen LogP contribution in [0, 0.1) is 11.7 Å². The topological polar surface area (TPSA) is 73.6 Å². The Morgan fingerprint density at radius 2 is 1.72 bits per heavy atom. The van der Waals surface area contributed by atoms with Crippen molar-refractivity contribution in [1.29, 1.82) is 0 Å². The number of rotatable bonds is 4. The molecular weight excluding hydrogens is 356 g/mol. The van der Waals surface area contributed by atoms with E-state index in [4.69, 9.17) is 23.8 Å². The highest BCUT2D eigenvalue weighted by Gasteiger charge is 2.10. The van der Waals surface area contributed by atoms with Crippen molar-refractivity contribution in [1.82, 2.24) is 20.5 Å². The SMILES string of the molecule is Cc1ccc(C(=O)N/C(=C/c2nc(=S)[nH][nH]2)c2ccc(Cl)cc2)cc1. The summed E-state index contributed by atoms with van der Waals surface area (Å²) in [5.74, 6) is 0.300. The van der Waals surface area contributed by atoms with Crippen molar-refractivity contribution in [3.63, 3.8) is 0 Å². The molecule has 3 rings (SSSR count). The Balaban J connectivity index is 1.94. The lowest BCUT2D eigenvalue weighted by molar-refractivity contribution is 0.0974. The van der Waals surface area contributed by atoms with Gasteiger partial charge in [-0.05, 0) is 49.0 Å². The molecule has 3 aromatic rings. The molecule has 0 saturated heterocycles. The van der Waals surface area contributed by atoms with Gasteiger partial charge in [0, 0.05) is 16.7 Å². The first-order valence-corrected chi connectivity index (χ1v) is 8.30. The molecule has 0 atom stereocenters. The van der Waals surface area contributed by atoms with Crippen LogP contribution in [0.25, 0.3) is 11.8 Å². The van der Waals surface area contributed by atoms with E-state index in [0.717, 1.165) is 11.1 Å². The van der Waals surface area contributed by atoms with Gasteiger partial charge in [0.2, 0.25) is 4.77 Å². The summed E-state index contributed by atoms with van der Waals surface area (Å²) in [4.78, 5) is 16.7. The first-order valence-electron chi connectivity index (χ1n) is 7.51. The molecule has 0 unspecified atom stereocenters. The van der Waals surface area contributed by atoms with Crippen LogP contribution in [0.4, 0.5) is 0 Å². The number of H-pyrrole nitrogens is 2. The van der Waals surface area contributed by atoms with Gasteiger partial charge in [0.05, 0.1) is 5.70 Å². The van der Waals surface area contributed by atoms with E-state index in [9.17, 15) is 4.79 Å². The minimum Gasteiger partial charge on any atom is -0.321 e. The fourth-order valence-electron chi connectivity index (χ4n) is 2.21.